The van der Waals surface area contributed by atoms with Crippen molar-refractivity contribution in [2.45, 2.75) is 58.2 Å². The van der Waals surface area contributed by atoms with Crippen LogP contribution in [0.3, 0.4) is 0 Å². The number of aliphatic hydroxyl groups is 1. The largest absolute Gasteiger partial charge is 0.396 e. The van der Waals surface area contributed by atoms with Crippen LogP contribution in [0.1, 0.15) is 45.1 Å². The molecule has 0 bridgehead atoms. The minimum absolute atomic E-state index is 0.273. The summed E-state index contributed by atoms with van der Waals surface area (Å²) in [5, 5.41) is 12.7. The maximum absolute atomic E-state index is 9.14. The summed E-state index contributed by atoms with van der Waals surface area (Å²) in [5.41, 5.74) is 2.71. The zero-order chi connectivity index (χ0) is 14.4. The van der Waals surface area contributed by atoms with Crippen LogP contribution in [-0.2, 0) is 6.54 Å². The molecule has 0 aliphatic heterocycles. The van der Waals surface area contributed by atoms with Gasteiger partial charge < -0.3 is 15.3 Å². The average Bonchev–Trinajstić information content (AvgIpc) is 2.39. The van der Waals surface area contributed by atoms with Gasteiger partial charge in [-0.2, -0.15) is 0 Å². The Bertz CT molecular complexity index is 402. The van der Waals surface area contributed by atoms with Gasteiger partial charge in [0.2, 0.25) is 0 Å². The van der Waals surface area contributed by atoms with Crippen LogP contribution in [0.5, 0.6) is 0 Å². The fourth-order valence-corrected chi connectivity index (χ4v) is 2.69. The lowest BCUT2D eigenvalue weighted by Crippen LogP contribution is -2.42. The second kappa shape index (κ2) is 7.65. The van der Waals surface area contributed by atoms with Gasteiger partial charge in [0, 0.05) is 37.5 Å². The molecule has 0 saturated heterocycles. The number of nitrogens with one attached hydrogen (secondary N) is 1. The average molecular weight is 276 g/mol. The van der Waals surface area contributed by atoms with Crippen molar-refractivity contribution in [3.05, 3.63) is 29.8 Å². The molecular formula is C17H28N2O. The van der Waals surface area contributed by atoms with Crippen molar-refractivity contribution in [2.75, 3.05) is 18.1 Å². The van der Waals surface area contributed by atoms with Crippen molar-refractivity contribution in [3.8, 4) is 0 Å². The summed E-state index contributed by atoms with van der Waals surface area (Å²) in [7, 11) is 0. The van der Waals surface area contributed by atoms with Gasteiger partial charge in [-0.1, -0.05) is 32.0 Å². The number of nitrogens with zero attached hydrogens (tertiary/aromatic N) is 1. The van der Waals surface area contributed by atoms with Gasteiger partial charge in [-0.25, -0.2) is 0 Å². The van der Waals surface area contributed by atoms with Crippen molar-refractivity contribution >= 4 is 5.69 Å². The molecule has 1 fully saturated rings. The molecule has 112 valence electrons. The Labute approximate surface area is 123 Å². The van der Waals surface area contributed by atoms with Gasteiger partial charge in [0.15, 0.2) is 0 Å². The predicted octanol–water partition coefficient (Wildman–Crippen LogP) is 2.93. The normalized spacial score (nSPS) is 15.4. The quantitative estimate of drug-likeness (QED) is 0.766. The molecule has 1 aromatic carbocycles. The van der Waals surface area contributed by atoms with Crippen molar-refractivity contribution in [1.29, 1.82) is 0 Å². The zero-order valence-corrected chi connectivity index (χ0v) is 12.8. The Kier molecular flexibility index (Phi) is 5.86. The number of rotatable bonds is 8. The monoisotopic (exact) mass is 276 g/mol. The zero-order valence-electron chi connectivity index (χ0n) is 12.8. The number of aliphatic hydroxyl groups excluding tert-OH is 1. The van der Waals surface area contributed by atoms with Crippen LogP contribution in [0, 0.1) is 0 Å². The van der Waals surface area contributed by atoms with Gasteiger partial charge in [-0.3, -0.25) is 0 Å². The summed E-state index contributed by atoms with van der Waals surface area (Å²) >= 11 is 0. The minimum Gasteiger partial charge on any atom is -0.396 e. The molecule has 1 aromatic rings. The lowest BCUT2D eigenvalue weighted by atomic mass is 9.90. The second-order valence-electron chi connectivity index (χ2n) is 6.02. The molecule has 0 amide bonds. The van der Waals surface area contributed by atoms with E-state index in [4.69, 9.17) is 5.11 Å². The first kappa shape index (κ1) is 15.3. The SMILES string of the molecule is CC(C)NCc1ccccc1N(CCCO)C1CCC1. The predicted molar refractivity (Wildman–Crippen MR) is 85.1 cm³/mol. The van der Waals surface area contributed by atoms with E-state index >= 15 is 0 Å². The van der Waals surface area contributed by atoms with E-state index in [1.807, 2.05) is 0 Å². The molecule has 2 rings (SSSR count). The molecule has 0 aromatic heterocycles. The molecule has 1 aliphatic carbocycles. The molecule has 0 unspecified atom stereocenters. The maximum Gasteiger partial charge on any atom is 0.0447 e. The maximum atomic E-state index is 9.14. The van der Waals surface area contributed by atoms with Crippen molar-refractivity contribution in [3.63, 3.8) is 0 Å². The number of para-hydroxylation sites is 1. The highest BCUT2D eigenvalue weighted by Crippen LogP contribution is 2.31. The van der Waals surface area contributed by atoms with Crippen molar-refractivity contribution < 1.29 is 5.11 Å². The molecule has 1 saturated carbocycles. The van der Waals surface area contributed by atoms with E-state index in [9.17, 15) is 0 Å². The fraction of sp³-hybridized carbons (Fsp3) is 0.647. The first-order valence-electron chi connectivity index (χ1n) is 7.91. The third kappa shape index (κ3) is 3.97. The summed E-state index contributed by atoms with van der Waals surface area (Å²) in [6.07, 6.45) is 4.77. The van der Waals surface area contributed by atoms with E-state index in [0.717, 1.165) is 19.5 Å². The van der Waals surface area contributed by atoms with Gasteiger partial charge in [0.25, 0.3) is 0 Å². The van der Waals surface area contributed by atoms with Crippen LogP contribution >= 0.6 is 0 Å². The number of anilines is 1. The van der Waals surface area contributed by atoms with E-state index < -0.39 is 0 Å². The molecule has 0 spiro atoms. The first-order chi connectivity index (χ1) is 9.72. The van der Waals surface area contributed by atoms with E-state index in [2.05, 4.69) is 48.3 Å². The molecule has 2 N–H and O–H groups in total. The molecule has 20 heavy (non-hydrogen) atoms. The highest BCUT2D eigenvalue weighted by atomic mass is 16.3. The topological polar surface area (TPSA) is 35.5 Å². The molecule has 3 heteroatoms. The summed E-state index contributed by atoms with van der Waals surface area (Å²) < 4.78 is 0. The minimum atomic E-state index is 0.273. The molecule has 0 heterocycles. The van der Waals surface area contributed by atoms with Crippen LogP contribution in [0.25, 0.3) is 0 Å². The number of hydrogen-bond acceptors (Lipinski definition) is 3. The highest BCUT2D eigenvalue weighted by molar-refractivity contribution is 5.54. The van der Waals surface area contributed by atoms with E-state index in [1.54, 1.807) is 0 Å². The van der Waals surface area contributed by atoms with Gasteiger partial charge in [0.05, 0.1) is 0 Å². The Morgan fingerprint density at radius 3 is 2.65 bits per heavy atom. The second-order valence-corrected chi connectivity index (χ2v) is 6.02. The fourth-order valence-electron chi connectivity index (χ4n) is 2.69. The lowest BCUT2D eigenvalue weighted by Gasteiger charge is -2.40. The van der Waals surface area contributed by atoms with Crippen LogP contribution < -0.4 is 10.2 Å². The Morgan fingerprint density at radius 2 is 2.05 bits per heavy atom. The molecule has 0 radical (unpaired) electrons. The molecule has 0 atom stereocenters. The first-order valence-corrected chi connectivity index (χ1v) is 7.91. The van der Waals surface area contributed by atoms with Gasteiger partial charge >= 0.3 is 0 Å². The van der Waals surface area contributed by atoms with E-state index in [0.29, 0.717) is 12.1 Å². The van der Waals surface area contributed by atoms with Crippen LogP contribution in [0.15, 0.2) is 24.3 Å². The Morgan fingerprint density at radius 1 is 1.30 bits per heavy atom. The van der Waals surface area contributed by atoms with Crippen LogP contribution in [0.4, 0.5) is 5.69 Å². The summed E-state index contributed by atoms with van der Waals surface area (Å²) in [4.78, 5) is 2.51. The molecule has 3 nitrogen and oxygen atoms in total. The van der Waals surface area contributed by atoms with Gasteiger partial charge in [0.1, 0.15) is 0 Å². The summed E-state index contributed by atoms with van der Waals surface area (Å²) in [6.45, 7) is 6.50. The third-order valence-electron chi connectivity index (χ3n) is 4.07. The smallest absolute Gasteiger partial charge is 0.0447 e. The van der Waals surface area contributed by atoms with Crippen molar-refractivity contribution in [1.82, 2.24) is 5.32 Å². The highest BCUT2D eigenvalue weighted by Gasteiger charge is 2.26. The lowest BCUT2D eigenvalue weighted by molar-refractivity contribution is 0.283. The number of hydrogen-bond donors (Lipinski definition) is 2. The van der Waals surface area contributed by atoms with Crippen LogP contribution in [-0.4, -0.2) is 30.3 Å². The third-order valence-corrected chi connectivity index (χ3v) is 4.07. The summed E-state index contributed by atoms with van der Waals surface area (Å²) in [5.74, 6) is 0. The summed E-state index contributed by atoms with van der Waals surface area (Å²) in [6, 6.07) is 9.85. The van der Waals surface area contributed by atoms with Crippen molar-refractivity contribution in [2.24, 2.45) is 0 Å². The molecular weight excluding hydrogens is 248 g/mol. The standard InChI is InChI=1S/C17H28N2O/c1-14(2)18-13-15-7-3-4-10-17(15)19(11-6-12-20)16-8-5-9-16/h3-4,7,10,14,16,18,20H,5-6,8-9,11-13H2,1-2H3. The van der Waals surface area contributed by atoms with E-state index in [-0.39, 0.29) is 6.61 Å². The Hall–Kier alpha value is -1.06. The Balaban J connectivity index is 2.13. The number of benzene rings is 1. The molecule has 1 aliphatic rings. The van der Waals surface area contributed by atoms with Crippen LogP contribution in [0.2, 0.25) is 0 Å². The van der Waals surface area contributed by atoms with Gasteiger partial charge in [-0.05, 0) is 37.3 Å². The van der Waals surface area contributed by atoms with E-state index in [1.165, 1.54) is 30.5 Å². The van der Waals surface area contributed by atoms with Gasteiger partial charge in [-0.15, -0.1) is 0 Å².